The molecule has 0 unspecified atom stereocenters. The summed E-state index contributed by atoms with van der Waals surface area (Å²) < 4.78 is 0. The summed E-state index contributed by atoms with van der Waals surface area (Å²) in [5, 5.41) is 3.06. The zero-order chi connectivity index (χ0) is 21.3. The van der Waals surface area contributed by atoms with Crippen LogP contribution in [-0.4, -0.2) is 27.2 Å². The molecule has 2 aromatic carbocycles. The molecule has 1 atom stereocenters. The number of rotatable bonds is 4. The fourth-order valence-corrected chi connectivity index (χ4v) is 5.31. The Bertz CT molecular complexity index is 1090. The highest BCUT2D eigenvalue weighted by molar-refractivity contribution is 6.05. The minimum atomic E-state index is -0.520. The summed E-state index contributed by atoms with van der Waals surface area (Å²) in [5.41, 5.74) is 2.69. The van der Waals surface area contributed by atoms with Gasteiger partial charge in [0.1, 0.15) is 0 Å². The van der Waals surface area contributed by atoms with Gasteiger partial charge < -0.3 is 10.2 Å². The highest BCUT2D eigenvalue weighted by atomic mass is 16.2. The van der Waals surface area contributed by atoms with Crippen LogP contribution in [0.5, 0.6) is 0 Å². The second-order valence-corrected chi connectivity index (χ2v) is 8.44. The van der Waals surface area contributed by atoms with Gasteiger partial charge in [-0.2, -0.15) is 0 Å². The van der Waals surface area contributed by atoms with Gasteiger partial charge in [0.2, 0.25) is 5.91 Å². The molecule has 0 bridgehead atoms. The summed E-state index contributed by atoms with van der Waals surface area (Å²) in [6.45, 7) is 0.505. The van der Waals surface area contributed by atoms with E-state index in [1.807, 2.05) is 65.6 Å². The molecular formula is C26H25N3O2. The minimum Gasteiger partial charge on any atom is -0.327 e. The van der Waals surface area contributed by atoms with Gasteiger partial charge in [0.15, 0.2) is 0 Å². The van der Waals surface area contributed by atoms with E-state index in [0.29, 0.717) is 17.8 Å². The standard InChI is InChI=1S/C26H25N3O2/c30-24(28-20-11-8-16-27-17-20)23-21-12-4-5-13-22(21)25(31)29(26(23)14-6-7-15-26)18-19-9-2-1-3-10-19/h1-5,8-13,16-17,23H,6-7,14-15,18H2,(H,28,30)/t23-/m1/s1. The van der Waals surface area contributed by atoms with Gasteiger partial charge in [-0.1, -0.05) is 61.4 Å². The third-order valence-electron chi connectivity index (χ3n) is 6.67. The Kier molecular flexibility index (Phi) is 5.02. The van der Waals surface area contributed by atoms with Crippen molar-refractivity contribution in [3.05, 3.63) is 95.8 Å². The predicted molar refractivity (Wildman–Crippen MR) is 120 cm³/mol. The quantitative estimate of drug-likeness (QED) is 0.672. The monoisotopic (exact) mass is 411 g/mol. The number of aromatic nitrogens is 1. The third kappa shape index (κ3) is 3.40. The maximum atomic E-state index is 13.7. The molecule has 31 heavy (non-hydrogen) atoms. The van der Waals surface area contributed by atoms with Crippen LogP contribution in [0.2, 0.25) is 0 Å². The van der Waals surface area contributed by atoms with Gasteiger partial charge >= 0.3 is 0 Å². The van der Waals surface area contributed by atoms with Crippen molar-refractivity contribution >= 4 is 17.5 Å². The molecule has 5 nitrogen and oxygen atoms in total. The highest BCUT2D eigenvalue weighted by Crippen LogP contribution is 2.51. The molecular weight excluding hydrogens is 386 g/mol. The maximum Gasteiger partial charge on any atom is 0.254 e. The normalized spacial score (nSPS) is 19.3. The van der Waals surface area contributed by atoms with Gasteiger partial charge in [-0.25, -0.2) is 0 Å². The topological polar surface area (TPSA) is 62.3 Å². The number of hydrogen-bond donors (Lipinski definition) is 1. The Morgan fingerprint density at radius 2 is 1.74 bits per heavy atom. The molecule has 1 saturated carbocycles. The Morgan fingerprint density at radius 1 is 1.00 bits per heavy atom. The van der Waals surface area contributed by atoms with Gasteiger partial charge in [0.05, 0.1) is 23.3 Å². The van der Waals surface area contributed by atoms with E-state index in [9.17, 15) is 9.59 Å². The van der Waals surface area contributed by atoms with Gasteiger partial charge in [0, 0.05) is 18.3 Å². The number of nitrogens with one attached hydrogen (secondary N) is 1. The van der Waals surface area contributed by atoms with Crippen LogP contribution in [0.15, 0.2) is 79.1 Å². The minimum absolute atomic E-state index is 0.0202. The van der Waals surface area contributed by atoms with Crippen molar-refractivity contribution in [3.63, 3.8) is 0 Å². The molecule has 5 heteroatoms. The number of benzene rings is 2. The first kappa shape index (κ1) is 19.5. The number of anilines is 1. The second kappa shape index (κ2) is 7.99. The Labute approximate surface area is 182 Å². The Hall–Kier alpha value is -3.47. The van der Waals surface area contributed by atoms with Gasteiger partial charge in [0.25, 0.3) is 5.91 Å². The van der Waals surface area contributed by atoms with E-state index in [0.717, 1.165) is 36.8 Å². The van der Waals surface area contributed by atoms with Crippen LogP contribution in [0.25, 0.3) is 0 Å². The molecule has 2 heterocycles. The van der Waals surface area contributed by atoms with E-state index >= 15 is 0 Å². The molecule has 1 aliphatic carbocycles. The first-order chi connectivity index (χ1) is 15.2. The van der Waals surface area contributed by atoms with Crippen molar-refractivity contribution in [3.8, 4) is 0 Å². The van der Waals surface area contributed by atoms with Crippen molar-refractivity contribution in [2.45, 2.75) is 43.7 Å². The van der Waals surface area contributed by atoms with Crippen molar-refractivity contribution < 1.29 is 9.59 Å². The van der Waals surface area contributed by atoms with Crippen LogP contribution in [0.3, 0.4) is 0 Å². The Balaban J connectivity index is 1.61. The van der Waals surface area contributed by atoms with Gasteiger partial charge in [-0.15, -0.1) is 0 Å². The second-order valence-electron chi connectivity index (χ2n) is 8.44. The molecule has 0 saturated heterocycles. The van der Waals surface area contributed by atoms with E-state index in [2.05, 4.69) is 10.3 Å². The fraction of sp³-hybridized carbons (Fsp3) is 0.269. The Morgan fingerprint density at radius 3 is 2.48 bits per heavy atom. The number of fused-ring (bicyclic) bond motifs is 1. The molecule has 1 aliphatic heterocycles. The van der Waals surface area contributed by atoms with Gasteiger partial charge in [-0.3, -0.25) is 14.6 Å². The number of carbonyl (C=O) groups excluding carboxylic acids is 2. The molecule has 156 valence electrons. The molecule has 3 aromatic rings. The molecule has 1 aromatic heterocycles. The zero-order valence-corrected chi connectivity index (χ0v) is 17.3. The summed E-state index contributed by atoms with van der Waals surface area (Å²) in [5.74, 6) is -0.479. The van der Waals surface area contributed by atoms with Crippen molar-refractivity contribution in [1.82, 2.24) is 9.88 Å². The fourth-order valence-electron chi connectivity index (χ4n) is 5.31. The molecule has 1 N–H and O–H groups in total. The van der Waals surface area contributed by atoms with Crippen LogP contribution >= 0.6 is 0 Å². The first-order valence-electron chi connectivity index (χ1n) is 10.8. The molecule has 2 amide bonds. The number of pyridine rings is 1. The van der Waals surface area contributed by atoms with Crippen LogP contribution in [0, 0.1) is 0 Å². The zero-order valence-electron chi connectivity index (χ0n) is 17.3. The lowest BCUT2D eigenvalue weighted by atomic mass is 9.71. The number of carbonyl (C=O) groups is 2. The van der Waals surface area contributed by atoms with E-state index in [1.165, 1.54) is 0 Å². The smallest absolute Gasteiger partial charge is 0.254 e. The summed E-state index contributed by atoms with van der Waals surface area (Å²) in [6, 6.07) is 21.3. The number of hydrogen-bond acceptors (Lipinski definition) is 3. The van der Waals surface area contributed by atoms with Crippen LogP contribution < -0.4 is 5.32 Å². The maximum absolute atomic E-state index is 13.7. The largest absolute Gasteiger partial charge is 0.327 e. The van der Waals surface area contributed by atoms with Crippen molar-refractivity contribution in [2.24, 2.45) is 0 Å². The van der Waals surface area contributed by atoms with Gasteiger partial charge in [-0.05, 0) is 42.2 Å². The summed E-state index contributed by atoms with van der Waals surface area (Å²) >= 11 is 0. The predicted octanol–water partition coefficient (Wildman–Crippen LogP) is 4.77. The third-order valence-corrected chi connectivity index (χ3v) is 6.67. The number of amides is 2. The molecule has 2 aliphatic rings. The van der Waals surface area contributed by atoms with E-state index < -0.39 is 11.5 Å². The van der Waals surface area contributed by atoms with Crippen molar-refractivity contribution in [2.75, 3.05) is 5.32 Å². The van der Waals surface area contributed by atoms with Crippen LogP contribution in [0.4, 0.5) is 5.69 Å². The van der Waals surface area contributed by atoms with Crippen LogP contribution in [-0.2, 0) is 11.3 Å². The molecule has 1 fully saturated rings. The summed E-state index contributed by atoms with van der Waals surface area (Å²) in [6.07, 6.45) is 7.01. The molecule has 1 spiro atoms. The van der Waals surface area contributed by atoms with Crippen molar-refractivity contribution in [1.29, 1.82) is 0 Å². The lowest BCUT2D eigenvalue weighted by Gasteiger charge is -2.50. The van der Waals surface area contributed by atoms with E-state index in [-0.39, 0.29) is 11.8 Å². The highest BCUT2D eigenvalue weighted by Gasteiger charge is 2.55. The van der Waals surface area contributed by atoms with E-state index in [1.54, 1.807) is 18.5 Å². The average molecular weight is 412 g/mol. The lowest BCUT2D eigenvalue weighted by Crippen LogP contribution is -2.59. The number of nitrogens with zero attached hydrogens (tertiary/aromatic N) is 2. The summed E-state index contributed by atoms with van der Waals surface area (Å²) in [4.78, 5) is 33.5. The van der Waals surface area contributed by atoms with Crippen LogP contribution in [0.1, 0.15) is 53.1 Å². The SMILES string of the molecule is O=C(Nc1cccnc1)[C@H]1c2ccccc2C(=O)N(Cc2ccccc2)C12CCCC2. The first-order valence-corrected chi connectivity index (χ1v) is 10.8. The summed E-state index contributed by atoms with van der Waals surface area (Å²) in [7, 11) is 0. The molecule has 5 rings (SSSR count). The average Bonchev–Trinajstić information content (AvgIpc) is 3.28. The lowest BCUT2D eigenvalue weighted by molar-refractivity contribution is -0.121. The molecule has 0 radical (unpaired) electrons. The van der Waals surface area contributed by atoms with E-state index in [4.69, 9.17) is 0 Å².